The lowest BCUT2D eigenvalue weighted by Crippen LogP contribution is -2.30. The van der Waals surface area contributed by atoms with Crippen LogP contribution in [0.5, 0.6) is 5.75 Å². The number of ether oxygens (including phenoxy) is 1. The van der Waals surface area contributed by atoms with Gasteiger partial charge in [-0.2, -0.15) is 0 Å². The summed E-state index contributed by atoms with van der Waals surface area (Å²) in [6, 6.07) is 7.10. The van der Waals surface area contributed by atoms with Crippen LogP contribution in [0, 0.1) is 0 Å². The molecule has 0 aliphatic heterocycles. The van der Waals surface area contributed by atoms with Gasteiger partial charge in [0, 0.05) is 5.56 Å². The number of rotatable bonds is 5. The van der Waals surface area contributed by atoms with Crippen LogP contribution < -0.4 is 10.1 Å². The topological polar surface area (TPSA) is 38.3 Å². The minimum absolute atomic E-state index is 0.0959. The number of Topliss-reactive ketones (excluding diaryl/α,β-unsaturated/α-hetero) is 1. The molecule has 0 radical (unpaired) electrons. The highest BCUT2D eigenvalue weighted by Gasteiger charge is 2.12. The average Bonchev–Trinajstić information content (AvgIpc) is 2.27. The number of ketones is 1. The number of likely N-dealkylation sites (N-methyl/N-ethyl adjacent to an activating group) is 1. The molecule has 1 unspecified atom stereocenters. The number of hydrogen-bond donors (Lipinski definition) is 1. The van der Waals surface area contributed by atoms with E-state index in [0.29, 0.717) is 5.56 Å². The van der Waals surface area contributed by atoms with Gasteiger partial charge in [-0.1, -0.05) is 0 Å². The summed E-state index contributed by atoms with van der Waals surface area (Å²) in [5.74, 6) is 0.891. The molecule has 0 aromatic heterocycles. The fraction of sp³-hybridized carbons (Fsp3) is 0.462. The van der Waals surface area contributed by atoms with Gasteiger partial charge in [-0.15, -0.1) is 0 Å². The third kappa shape index (κ3) is 3.35. The summed E-state index contributed by atoms with van der Waals surface area (Å²) in [6.07, 6.45) is 0.151. The quantitative estimate of drug-likeness (QED) is 0.775. The van der Waals surface area contributed by atoms with Crippen LogP contribution in [0.1, 0.15) is 31.1 Å². The zero-order valence-corrected chi connectivity index (χ0v) is 10.3. The number of benzene rings is 1. The van der Waals surface area contributed by atoms with Gasteiger partial charge in [-0.25, -0.2) is 0 Å². The Morgan fingerprint density at radius 3 is 2.19 bits per heavy atom. The maximum Gasteiger partial charge on any atom is 0.179 e. The van der Waals surface area contributed by atoms with Crippen LogP contribution in [0.25, 0.3) is 0 Å². The summed E-state index contributed by atoms with van der Waals surface area (Å²) < 4.78 is 5.51. The van der Waals surface area contributed by atoms with Gasteiger partial charge in [0.1, 0.15) is 5.75 Å². The molecule has 0 spiro atoms. The lowest BCUT2D eigenvalue weighted by molar-refractivity contribution is 0.0955. The van der Waals surface area contributed by atoms with Crippen molar-refractivity contribution < 1.29 is 9.53 Å². The maximum absolute atomic E-state index is 11.8. The van der Waals surface area contributed by atoms with Crippen LogP contribution >= 0.6 is 0 Å². The predicted octanol–water partition coefficient (Wildman–Crippen LogP) is 2.26. The van der Waals surface area contributed by atoms with E-state index in [9.17, 15) is 4.79 Å². The zero-order valence-electron chi connectivity index (χ0n) is 10.3. The molecule has 0 heterocycles. The van der Waals surface area contributed by atoms with Gasteiger partial charge in [0.25, 0.3) is 0 Å². The first-order chi connectivity index (χ1) is 7.54. The number of hydrogen-bond acceptors (Lipinski definition) is 3. The van der Waals surface area contributed by atoms with Gasteiger partial charge in [0.05, 0.1) is 12.1 Å². The molecule has 0 saturated carbocycles. The number of nitrogens with one attached hydrogen (secondary N) is 1. The molecule has 1 aromatic carbocycles. The molecule has 3 heteroatoms. The minimum atomic E-state index is -0.156. The van der Waals surface area contributed by atoms with Gasteiger partial charge in [0.15, 0.2) is 5.78 Å². The summed E-state index contributed by atoms with van der Waals surface area (Å²) in [4.78, 5) is 11.8. The second-order valence-electron chi connectivity index (χ2n) is 4.07. The van der Waals surface area contributed by atoms with Crippen LogP contribution in [0.3, 0.4) is 0 Å². The van der Waals surface area contributed by atoms with Gasteiger partial charge in [-0.05, 0) is 52.1 Å². The zero-order chi connectivity index (χ0) is 12.1. The van der Waals surface area contributed by atoms with Crippen molar-refractivity contribution in [2.24, 2.45) is 0 Å². The third-order valence-corrected chi connectivity index (χ3v) is 2.34. The van der Waals surface area contributed by atoms with Gasteiger partial charge in [-0.3, -0.25) is 4.79 Å². The molecule has 0 amide bonds. The summed E-state index contributed by atoms with van der Waals surface area (Å²) in [5.41, 5.74) is 0.706. The van der Waals surface area contributed by atoms with Crippen molar-refractivity contribution in [3.8, 4) is 5.75 Å². The fourth-order valence-corrected chi connectivity index (χ4v) is 1.35. The largest absolute Gasteiger partial charge is 0.491 e. The van der Waals surface area contributed by atoms with Gasteiger partial charge >= 0.3 is 0 Å². The van der Waals surface area contributed by atoms with E-state index in [1.54, 1.807) is 19.2 Å². The Kier molecular flexibility index (Phi) is 4.50. The van der Waals surface area contributed by atoms with Crippen molar-refractivity contribution in [3.05, 3.63) is 29.8 Å². The van der Waals surface area contributed by atoms with Gasteiger partial charge < -0.3 is 10.1 Å². The average molecular weight is 221 g/mol. The molecule has 16 heavy (non-hydrogen) atoms. The SMILES string of the molecule is CNC(C)C(=O)c1ccc(OC(C)C)cc1. The summed E-state index contributed by atoms with van der Waals surface area (Å²) in [6.45, 7) is 5.80. The summed E-state index contributed by atoms with van der Waals surface area (Å²) in [7, 11) is 1.78. The molecule has 1 N–H and O–H groups in total. The molecule has 0 aliphatic carbocycles. The Bertz CT molecular complexity index is 343. The molecule has 88 valence electrons. The lowest BCUT2D eigenvalue weighted by Gasteiger charge is -2.11. The fourth-order valence-electron chi connectivity index (χ4n) is 1.35. The van der Waals surface area contributed by atoms with Crippen molar-refractivity contribution >= 4 is 5.78 Å². The lowest BCUT2D eigenvalue weighted by atomic mass is 10.1. The smallest absolute Gasteiger partial charge is 0.179 e. The highest BCUT2D eigenvalue weighted by atomic mass is 16.5. The van der Waals surface area contributed by atoms with E-state index in [1.165, 1.54) is 0 Å². The maximum atomic E-state index is 11.8. The van der Waals surface area contributed by atoms with E-state index in [-0.39, 0.29) is 17.9 Å². The monoisotopic (exact) mass is 221 g/mol. The van der Waals surface area contributed by atoms with Gasteiger partial charge in [0.2, 0.25) is 0 Å². The van der Waals surface area contributed by atoms with Crippen LogP contribution in [0.15, 0.2) is 24.3 Å². The predicted molar refractivity (Wildman–Crippen MR) is 65.1 cm³/mol. The molecule has 0 bridgehead atoms. The van der Waals surface area contributed by atoms with Crippen LogP contribution in [0.4, 0.5) is 0 Å². The first-order valence-electron chi connectivity index (χ1n) is 5.52. The second-order valence-corrected chi connectivity index (χ2v) is 4.07. The molecule has 3 nitrogen and oxygen atoms in total. The van der Waals surface area contributed by atoms with E-state index in [1.807, 2.05) is 32.9 Å². The Labute approximate surface area is 96.8 Å². The molecule has 0 aliphatic rings. The van der Waals surface area contributed by atoms with Crippen molar-refractivity contribution in [2.45, 2.75) is 32.9 Å². The second kappa shape index (κ2) is 5.66. The van der Waals surface area contributed by atoms with Crippen molar-refractivity contribution in [1.29, 1.82) is 0 Å². The molecule has 1 aromatic rings. The van der Waals surface area contributed by atoms with E-state index in [4.69, 9.17) is 4.74 Å². The summed E-state index contributed by atoms with van der Waals surface area (Å²) >= 11 is 0. The molecule has 1 rings (SSSR count). The standard InChI is InChI=1S/C13H19NO2/c1-9(2)16-12-7-5-11(6-8-12)13(15)10(3)14-4/h5-10,14H,1-4H3. The summed E-state index contributed by atoms with van der Waals surface area (Å²) in [5, 5.41) is 2.93. The van der Waals surface area contributed by atoms with Crippen LogP contribution in [0.2, 0.25) is 0 Å². The van der Waals surface area contributed by atoms with E-state index in [0.717, 1.165) is 5.75 Å². The van der Waals surface area contributed by atoms with E-state index >= 15 is 0 Å². The number of carbonyl (C=O) groups is 1. The van der Waals surface area contributed by atoms with E-state index in [2.05, 4.69) is 5.32 Å². The first-order valence-corrected chi connectivity index (χ1v) is 5.52. The normalized spacial score (nSPS) is 12.6. The van der Waals surface area contributed by atoms with Crippen LogP contribution in [-0.2, 0) is 0 Å². The Hall–Kier alpha value is -1.35. The van der Waals surface area contributed by atoms with Crippen molar-refractivity contribution in [1.82, 2.24) is 5.32 Å². The highest BCUT2D eigenvalue weighted by Crippen LogP contribution is 2.14. The van der Waals surface area contributed by atoms with Crippen molar-refractivity contribution in [2.75, 3.05) is 7.05 Å². The molecular weight excluding hydrogens is 202 g/mol. The first kappa shape index (κ1) is 12.7. The Morgan fingerprint density at radius 1 is 1.19 bits per heavy atom. The highest BCUT2D eigenvalue weighted by molar-refractivity contribution is 5.99. The Balaban J connectivity index is 2.74. The molecule has 1 atom stereocenters. The molecular formula is C13H19NO2. The third-order valence-electron chi connectivity index (χ3n) is 2.34. The molecule has 0 fully saturated rings. The Morgan fingerprint density at radius 2 is 1.75 bits per heavy atom. The van der Waals surface area contributed by atoms with Crippen LogP contribution in [-0.4, -0.2) is 25.0 Å². The molecule has 0 saturated heterocycles. The number of carbonyl (C=O) groups excluding carboxylic acids is 1. The minimum Gasteiger partial charge on any atom is -0.491 e. The van der Waals surface area contributed by atoms with E-state index < -0.39 is 0 Å². The van der Waals surface area contributed by atoms with Crippen molar-refractivity contribution in [3.63, 3.8) is 0 Å².